The van der Waals surface area contributed by atoms with Crippen molar-refractivity contribution < 1.29 is 17.9 Å². The monoisotopic (exact) mass is 269 g/mol. The molecule has 0 radical (unpaired) electrons. The van der Waals surface area contributed by atoms with E-state index < -0.39 is 17.3 Å². The SMILES string of the molecule is CC1(C)OCCc2c1[nH]c1ccc(C(F)(F)F)cc21. The Kier molecular flexibility index (Phi) is 2.48. The van der Waals surface area contributed by atoms with Crippen molar-refractivity contribution in [2.75, 3.05) is 6.61 Å². The summed E-state index contributed by atoms with van der Waals surface area (Å²) in [4.78, 5) is 3.19. The lowest BCUT2D eigenvalue weighted by Gasteiger charge is -2.30. The van der Waals surface area contributed by atoms with Gasteiger partial charge in [-0.25, -0.2) is 0 Å². The van der Waals surface area contributed by atoms with Gasteiger partial charge in [0, 0.05) is 10.9 Å². The van der Waals surface area contributed by atoms with Crippen LogP contribution in [0.3, 0.4) is 0 Å². The van der Waals surface area contributed by atoms with Gasteiger partial charge in [0.25, 0.3) is 0 Å². The molecule has 0 amide bonds. The number of nitrogens with one attached hydrogen (secondary N) is 1. The summed E-state index contributed by atoms with van der Waals surface area (Å²) < 4.78 is 44.0. The smallest absolute Gasteiger partial charge is 0.369 e. The summed E-state index contributed by atoms with van der Waals surface area (Å²) in [6, 6.07) is 3.83. The third-order valence-electron chi connectivity index (χ3n) is 3.65. The van der Waals surface area contributed by atoms with E-state index in [0.29, 0.717) is 18.4 Å². The maximum Gasteiger partial charge on any atom is 0.416 e. The molecule has 5 heteroatoms. The first-order valence-electron chi connectivity index (χ1n) is 6.15. The second kappa shape index (κ2) is 3.76. The molecule has 0 aliphatic carbocycles. The number of aromatic nitrogens is 1. The summed E-state index contributed by atoms with van der Waals surface area (Å²) in [7, 11) is 0. The molecule has 1 aromatic heterocycles. The van der Waals surface area contributed by atoms with E-state index in [0.717, 1.165) is 22.8 Å². The van der Waals surface area contributed by atoms with Gasteiger partial charge in [-0.05, 0) is 44.0 Å². The fourth-order valence-electron chi connectivity index (χ4n) is 2.68. The average Bonchev–Trinajstić information content (AvgIpc) is 2.67. The Morgan fingerprint density at radius 1 is 1.26 bits per heavy atom. The molecule has 0 unspecified atom stereocenters. The molecule has 1 N–H and O–H groups in total. The highest BCUT2D eigenvalue weighted by Gasteiger charge is 2.34. The van der Waals surface area contributed by atoms with Crippen LogP contribution in [0.4, 0.5) is 13.2 Å². The number of hydrogen-bond donors (Lipinski definition) is 1. The van der Waals surface area contributed by atoms with Crippen LogP contribution in [-0.4, -0.2) is 11.6 Å². The van der Waals surface area contributed by atoms with Crippen LogP contribution in [0.15, 0.2) is 18.2 Å². The maximum absolute atomic E-state index is 12.8. The second-order valence-electron chi connectivity index (χ2n) is 5.35. The van der Waals surface area contributed by atoms with Crippen LogP contribution >= 0.6 is 0 Å². The number of aromatic amines is 1. The average molecular weight is 269 g/mol. The van der Waals surface area contributed by atoms with Gasteiger partial charge in [-0.3, -0.25) is 0 Å². The Bertz CT molecular complexity index is 640. The fraction of sp³-hybridized carbons (Fsp3) is 0.429. The lowest BCUT2D eigenvalue weighted by molar-refractivity contribution is -0.137. The normalized spacial score (nSPS) is 18.6. The molecule has 2 heterocycles. The third-order valence-corrected chi connectivity index (χ3v) is 3.65. The van der Waals surface area contributed by atoms with Gasteiger partial charge in [-0.15, -0.1) is 0 Å². The fourth-order valence-corrected chi connectivity index (χ4v) is 2.68. The van der Waals surface area contributed by atoms with Gasteiger partial charge in [-0.1, -0.05) is 0 Å². The Labute approximate surface area is 108 Å². The molecule has 19 heavy (non-hydrogen) atoms. The summed E-state index contributed by atoms with van der Waals surface area (Å²) in [6.07, 6.45) is -3.67. The summed E-state index contributed by atoms with van der Waals surface area (Å²) in [6.45, 7) is 4.37. The lowest BCUT2D eigenvalue weighted by Crippen LogP contribution is -2.29. The zero-order valence-electron chi connectivity index (χ0n) is 10.7. The molecule has 0 saturated carbocycles. The Morgan fingerprint density at radius 2 is 2.00 bits per heavy atom. The van der Waals surface area contributed by atoms with Gasteiger partial charge in [0.2, 0.25) is 0 Å². The minimum absolute atomic E-state index is 0.481. The molecule has 1 aliphatic rings. The van der Waals surface area contributed by atoms with Crippen molar-refractivity contribution in [3.63, 3.8) is 0 Å². The van der Waals surface area contributed by atoms with E-state index in [2.05, 4.69) is 4.98 Å². The molecule has 0 atom stereocenters. The second-order valence-corrected chi connectivity index (χ2v) is 5.35. The largest absolute Gasteiger partial charge is 0.416 e. The van der Waals surface area contributed by atoms with E-state index in [1.54, 1.807) is 0 Å². The number of fused-ring (bicyclic) bond motifs is 3. The van der Waals surface area contributed by atoms with Gasteiger partial charge >= 0.3 is 6.18 Å². The number of benzene rings is 1. The van der Waals surface area contributed by atoms with Gasteiger partial charge < -0.3 is 9.72 Å². The molecule has 0 fully saturated rings. The maximum atomic E-state index is 12.8. The summed E-state index contributed by atoms with van der Waals surface area (Å²) >= 11 is 0. The van der Waals surface area contributed by atoms with Gasteiger partial charge in [0.15, 0.2) is 0 Å². The number of hydrogen-bond acceptors (Lipinski definition) is 1. The molecular formula is C14H14F3NO. The molecule has 2 nitrogen and oxygen atoms in total. The van der Waals surface area contributed by atoms with Crippen LogP contribution in [0.5, 0.6) is 0 Å². The van der Waals surface area contributed by atoms with Crippen molar-refractivity contribution >= 4 is 10.9 Å². The summed E-state index contributed by atoms with van der Waals surface area (Å²) in [5.74, 6) is 0. The molecule has 0 bridgehead atoms. The van der Waals surface area contributed by atoms with Gasteiger partial charge in [0.1, 0.15) is 5.60 Å². The standard InChI is InChI=1S/C14H14F3NO/c1-13(2)12-9(5-6-19-13)10-7-8(14(15,16)17)3-4-11(10)18-12/h3-4,7,18H,5-6H2,1-2H3. The van der Waals surface area contributed by atoms with Crippen molar-refractivity contribution in [3.05, 3.63) is 35.0 Å². The Hall–Kier alpha value is -1.49. The predicted molar refractivity (Wildman–Crippen MR) is 66.0 cm³/mol. The van der Waals surface area contributed by atoms with E-state index >= 15 is 0 Å². The number of alkyl halides is 3. The number of H-pyrrole nitrogens is 1. The zero-order valence-corrected chi connectivity index (χ0v) is 10.7. The van der Waals surface area contributed by atoms with E-state index in [9.17, 15) is 13.2 Å². The molecule has 0 saturated heterocycles. The molecule has 1 aliphatic heterocycles. The molecular weight excluding hydrogens is 255 g/mol. The lowest BCUT2D eigenvalue weighted by atomic mass is 9.94. The van der Waals surface area contributed by atoms with Crippen LogP contribution in [0, 0.1) is 0 Å². The predicted octanol–water partition coefficient (Wildman–Crippen LogP) is 3.99. The van der Waals surface area contributed by atoms with E-state index in [4.69, 9.17) is 4.74 Å². The van der Waals surface area contributed by atoms with Crippen molar-refractivity contribution in [3.8, 4) is 0 Å². The highest BCUT2D eigenvalue weighted by molar-refractivity contribution is 5.86. The van der Waals surface area contributed by atoms with Crippen LogP contribution in [0.2, 0.25) is 0 Å². The first-order chi connectivity index (χ1) is 8.79. The van der Waals surface area contributed by atoms with Crippen molar-refractivity contribution in [2.24, 2.45) is 0 Å². The Morgan fingerprint density at radius 3 is 2.68 bits per heavy atom. The third kappa shape index (κ3) is 1.92. The highest BCUT2D eigenvalue weighted by atomic mass is 19.4. The molecule has 102 valence electrons. The molecule has 1 aromatic carbocycles. The Balaban J connectivity index is 2.25. The molecule has 3 rings (SSSR count). The van der Waals surface area contributed by atoms with Crippen molar-refractivity contribution in [1.29, 1.82) is 0 Å². The van der Waals surface area contributed by atoms with Crippen molar-refractivity contribution in [2.45, 2.75) is 32.0 Å². The van der Waals surface area contributed by atoms with Crippen LogP contribution in [0.25, 0.3) is 10.9 Å². The first-order valence-corrected chi connectivity index (χ1v) is 6.15. The van der Waals surface area contributed by atoms with Crippen LogP contribution in [0.1, 0.15) is 30.7 Å². The van der Waals surface area contributed by atoms with Crippen LogP contribution in [-0.2, 0) is 22.9 Å². The highest BCUT2D eigenvalue weighted by Crippen LogP contribution is 2.38. The minimum Gasteiger partial charge on any atom is -0.369 e. The van der Waals surface area contributed by atoms with Gasteiger partial charge in [0.05, 0.1) is 17.9 Å². The topological polar surface area (TPSA) is 25.0 Å². The minimum atomic E-state index is -4.31. The zero-order chi connectivity index (χ0) is 13.8. The molecule has 0 spiro atoms. The van der Waals surface area contributed by atoms with E-state index in [1.807, 2.05) is 13.8 Å². The van der Waals surface area contributed by atoms with Crippen LogP contribution < -0.4 is 0 Å². The summed E-state index contributed by atoms with van der Waals surface area (Å²) in [5, 5.41) is 0.654. The number of ether oxygens (including phenoxy) is 1. The number of halogens is 3. The van der Waals surface area contributed by atoms with E-state index in [1.165, 1.54) is 12.1 Å². The van der Waals surface area contributed by atoms with Crippen molar-refractivity contribution in [1.82, 2.24) is 4.98 Å². The van der Waals surface area contributed by atoms with Gasteiger partial charge in [-0.2, -0.15) is 13.2 Å². The quantitative estimate of drug-likeness (QED) is 0.768. The van der Waals surface area contributed by atoms with E-state index in [-0.39, 0.29) is 0 Å². The first kappa shape index (κ1) is 12.5. The summed E-state index contributed by atoms with van der Waals surface area (Å²) in [5.41, 5.74) is 1.47. The molecule has 2 aromatic rings. The number of rotatable bonds is 0.